The van der Waals surface area contributed by atoms with Crippen LogP contribution >= 0.6 is 0 Å². The Balaban J connectivity index is 1.62. The molecule has 0 radical (unpaired) electrons. The molecule has 0 saturated carbocycles. The van der Waals surface area contributed by atoms with Crippen molar-refractivity contribution in [3.63, 3.8) is 0 Å². The Bertz CT molecular complexity index is 2530. The van der Waals surface area contributed by atoms with Crippen LogP contribution in [0.1, 0.15) is 71.4 Å². The number of Topliss-reactive ketones (excluding diaryl/α,β-unsaturated/α-hetero) is 1. The third-order valence-corrected chi connectivity index (χ3v) is 14.6. The molecule has 0 unspecified atom stereocenters. The molecule has 2 heterocycles. The van der Waals surface area contributed by atoms with Crippen molar-refractivity contribution in [3.8, 4) is 0 Å². The van der Waals surface area contributed by atoms with Gasteiger partial charge in [0.05, 0.1) is 26.7 Å². The van der Waals surface area contributed by atoms with Crippen molar-refractivity contribution < 1.29 is 56.7 Å². The molecule has 2 aromatic rings. The average molecular weight is 883 g/mol. The Labute approximate surface area is 342 Å². The first-order chi connectivity index (χ1) is 26.7. The summed E-state index contributed by atoms with van der Waals surface area (Å²) in [5.41, 5.74) is 2.62. The maximum absolute atomic E-state index is 13.5. The lowest BCUT2D eigenvalue weighted by atomic mass is 9.81. The zero-order valence-corrected chi connectivity index (χ0v) is 36.6. The van der Waals surface area contributed by atoms with E-state index in [-0.39, 0.29) is 54.5 Å². The second-order valence-corrected chi connectivity index (χ2v) is 22.0. The Morgan fingerprint density at radius 2 is 1.34 bits per heavy atom. The van der Waals surface area contributed by atoms with Gasteiger partial charge in [-0.25, -0.2) is 12.7 Å². The largest absolute Gasteiger partial charge is 0.344 e. The highest BCUT2D eigenvalue weighted by atomic mass is 32.2. The topological polar surface area (TPSA) is 224 Å². The van der Waals surface area contributed by atoms with E-state index in [9.17, 15) is 52.1 Å². The van der Waals surface area contributed by atoms with Crippen LogP contribution in [0.3, 0.4) is 0 Å². The van der Waals surface area contributed by atoms with Crippen molar-refractivity contribution >= 4 is 63.2 Å². The van der Waals surface area contributed by atoms with Crippen molar-refractivity contribution in [2.75, 3.05) is 43.1 Å². The first kappa shape index (κ1) is 46.9. The summed E-state index contributed by atoms with van der Waals surface area (Å²) in [7, 11) is -15.4. The van der Waals surface area contributed by atoms with Crippen LogP contribution < -0.4 is 4.90 Å². The number of rotatable bonds is 19. The van der Waals surface area contributed by atoms with E-state index in [1.165, 1.54) is 36.5 Å². The van der Waals surface area contributed by atoms with Gasteiger partial charge in [0.2, 0.25) is 15.7 Å². The highest BCUT2D eigenvalue weighted by molar-refractivity contribution is 7.89. The second kappa shape index (κ2) is 17.8. The maximum Gasteiger partial charge on any atom is 0.294 e. The number of hydrogen-bond donors (Lipinski definition) is 3. The number of carbonyl (C=O) groups excluding carboxylic acids is 1. The fourth-order valence-electron chi connectivity index (χ4n) is 7.26. The van der Waals surface area contributed by atoms with Gasteiger partial charge < -0.3 is 9.69 Å². The summed E-state index contributed by atoms with van der Waals surface area (Å²) in [6.07, 6.45) is 13.3. The van der Waals surface area contributed by atoms with Crippen LogP contribution in [0, 0.1) is 0 Å². The summed E-state index contributed by atoms with van der Waals surface area (Å²) in [5.74, 6) is -0.963. The van der Waals surface area contributed by atoms with Crippen LogP contribution in [-0.2, 0) is 56.0 Å². The number of allylic oxidation sites excluding steroid dienone is 8. The molecule has 0 aliphatic carbocycles. The molecule has 4 rings (SSSR count). The monoisotopic (exact) mass is 882 g/mol. The third-order valence-electron chi connectivity index (χ3n) is 10.3. The predicted octanol–water partition coefficient (Wildman–Crippen LogP) is 5.21. The first-order valence-corrected chi connectivity index (χ1v) is 24.5. The maximum atomic E-state index is 13.5. The predicted molar refractivity (Wildman–Crippen MR) is 223 cm³/mol. The number of fused-ring (bicyclic) bond motifs is 2. The molecule has 0 spiro atoms. The van der Waals surface area contributed by atoms with Crippen molar-refractivity contribution in [3.05, 3.63) is 95.8 Å². The molecule has 2 aliphatic rings. The zero-order chi connectivity index (χ0) is 43.5. The number of hydrogen-bond acceptors (Lipinski definition) is 10. The van der Waals surface area contributed by atoms with Crippen LogP contribution in [0.5, 0.6) is 0 Å². The molecule has 0 atom stereocenters. The molecule has 2 aromatic carbocycles. The number of benzene rings is 2. The summed E-state index contributed by atoms with van der Waals surface area (Å²) in [4.78, 5) is 13.0. The smallest absolute Gasteiger partial charge is 0.294 e. The van der Waals surface area contributed by atoms with E-state index in [1.54, 1.807) is 48.6 Å². The molecule has 318 valence electrons. The van der Waals surface area contributed by atoms with Crippen LogP contribution in [0.2, 0.25) is 0 Å². The van der Waals surface area contributed by atoms with E-state index >= 15 is 0 Å². The van der Waals surface area contributed by atoms with E-state index in [1.807, 2.05) is 49.3 Å². The van der Waals surface area contributed by atoms with Gasteiger partial charge in [0, 0.05) is 67.5 Å². The zero-order valence-electron chi connectivity index (χ0n) is 33.4. The third kappa shape index (κ3) is 11.3. The molecular formula is C39H52N3O12S4+. The van der Waals surface area contributed by atoms with Crippen LogP contribution in [0.4, 0.5) is 11.4 Å². The van der Waals surface area contributed by atoms with Crippen molar-refractivity contribution in [1.29, 1.82) is 0 Å². The Hall–Kier alpha value is -3.82. The summed E-state index contributed by atoms with van der Waals surface area (Å²) in [6.45, 7) is 9.63. The van der Waals surface area contributed by atoms with Crippen molar-refractivity contribution in [2.45, 2.75) is 80.9 Å². The first-order valence-electron chi connectivity index (χ1n) is 18.5. The van der Waals surface area contributed by atoms with Gasteiger partial charge in [0.1, 0.15) is 12.3 Å². The Morgan fingerprint density at radius 1 is 0.759 bits per heavy atom. The number of carbonyl (C=O) groups is 1. The lowest BCUT2D eigenvalue weighted by molar-refractivity contribution is -0.437. The summed E-state index contributed by atoms with van der Waals surface area (Å²) >= 11 is 0. The molecule has 15 nitrogen and oxygen atoms in total. The minimum Gasteiger partial charge on any atom is -0.344 e. The molecule has 0 saturated heterocycles. The van der Waals surface area contributed by atoms with Crippen LogP contribution in [0.15, 0.2) is 94.4 Å². The second-order valence-electron chi connectivity index (χ2n) is 15.4. The van der Waals surface area contributed by atoms with E-state index in [0.29, 0.717) is 28.9 Å². The summed E-state index contributed by atoms with van der Waals surface area (Å²) in [5, 5.41) is 0. The van der Waals surface area contributed by atoms with Gasteiger partial charge in [-0.2, -0.15) is 29.8 Å². The van der Waals surface area contributed by atoms with E-state index in [4.69, 9.17) is 0 Å². The number of sulfonamides is 1. The number of ketones is 1. The fourth-order valence-corrected chi connectivity index (χ4v) is 9.99. The van der Waals surface area contributed by atoms with Gasteiger partial charge in [-0.05, 0) is 75.6 Å². The molecule has 0 amide bonds. The van der Waals surface area contributed by atoms with Gasteiger partial charge in [0.15, 0.2) is 5.71 Å². The Kier molecular flexibility index (Phi) is 14.4. The van der Waals surface area contributed by atoms with E-state index < -0.39 is 62.7 Å². The van der Waals surface area contributed by atoms with Gasteiger partial charge in [-0.1, -0.05) is 44.2 Å². The number of anilines is 1. The highest BCUT2D eigenvalue weighted by Crippen LogP contribution is 2.48. The lowest BCUT2D eigenvalue weighted by Crippen LogP contribution is -2.29. The molecule has 0 fully saturated rings. The van der Waals surface area contributed by atoms with Gasteiger partial charge in [0.25, 0.3) is 30.4 Å². The van der Waals surface area contributed by atoms with Crippen LogP contribution in [-0.4, -0.2) is 106 Å². The molecule has 19 heteroatoms. The minimum atomic E-state index is -4.49. The molecule has 0 aromatic heterocycles. The standard InChI is InChI=1S/C39H51N3O12S4/c1-29(43)15-12-22-40(6)57(50,51)30-18-20-34-32(27-30)38(2,3)36(41(34)23-13-25-55(44,45)46)16-10-8-7-9-11-17-37-39(4,5)33-28-31(58(52,53)54)19-21-35(33)42(37)24-14-26-56(47,48)49/h7-11,16-21,27-28H,12-15,22-26H2,1-6H3,(H2-,44,45,46,47,48,49,52,53,54)/p+1. The van der Waals surface area contributed by atoms with Crippen molar-refractivity contribution in [2.24, 2.45) is 0 Å². The molecule has 0 bridgehead atoms. The Morgan fingerprint density at radius 3 is 1.97 bits per heavy atom. The van der Waals surface area contributed by atoms with Crippen LogP contribution in [0.25, 0.3) is 0 Å². The van der Waals surface area contributed by atoms with E-state index in [2.05, 4.69) is 0 Å². The SMILES string of the molecule is CC(=O)CCCN(C)S(=O)(=O)c1ccc2c(c1)C(C)(C)C(/C=C/C=C/C=C/C=C1/N(CCCS(=O)(=O)O)c3ccc(S(=O)(=O)O)cc3C1(C)C)=[N+]2CCCS(=O)(=O)O. The van der Waals surface area contributed by atoms with Gasteiger partial charge in [-0.15, -0.1) is 0 Å². The van der Waals surface area contributed by atoms with Gasteiger partial charge in [-0.3, -0.25) is 13.7 Å². The molecular weight excluding hydrogens is 831 g/mol. The lowest BCUT2D eigenvalue weighted by Gasteiger charge is -2.27. The average Bonchev–Trinajstić information content (AvgIpc) is 3.43. The fraction of sp³-hybridized carbons (Fsp3) is 0.436. The van der Waals surface area contributed by atoms with E-state index in [0.717, 1.165) is 11.4 Å². The number of nitrogens with zero attached hydrogens (tertiary/aromatic N) is 3. The normalized spacial score (nSPS) is 17.8. The summed E-state index contributed by atoms with van der Waals surface area (Å²) < 4.78 is 128. The molecule has 2 aliphatic heterocycles. The van der Waals surface area contributed by atoms with Crippen molar-refractivity contribution in [1.82, 2.24) is 4.31 Å². The molecule has 58 heavy (non-hydrogen) atoms. The van der Waals surface area contributed by atoms with Gasteiger partial charge >= 0.3 is 0 Å². The quantitative estimate of drug-likeness (QED) is 0.0938. The minimum absolute atomic E-state index is 0.0284. The summed E-state index contributed by atoms with van der Waals surface area (Å²) in [6, 6.07) is 9.01. The molecule has 3 N–H and O–H groups in total. The highest BCUT2D eigenvalue weighted by Gasteiger charge is 2.45.